The largest absolute Gasteiger partial charge is 0.368 e. The molecule has 0 atom stereocenters. The zero-order chi connectivity index (χ0) is 15.5. The quantitative estimate of drug-likeness (QED) is 0.729. The average molecular weight is 290 g/mol. The molecule has 0 aromatic carbocycles. The number of nitrogens with one attached hydrogen (secondary N) is 3. The fourth-order valence-corrected chi connectivity index (χ4v) is 1.79. The van der Waals surface area contributed by atoms with Gasteiger partial charge in [0.1, 0.15) is 5.52 Å². The third-order valence-corrected chi connectivity index (χ3v) is 4.09. The summed E-state index contributed by atoms with van der Waals surface area (Å²) in [5.41, 5.74) is 1.74. The molecule has 0 aliphatic carbocycles. The van der Waals surface area contributed by atoms with E-state index in [1.807, 2.05) is 0 Å². The maximum Gasteiger partial charge on any atom is 0.226 e. The lowest BCUT2D eigenvalue weighted by atomic mass is 9.81. The van der Waals surface area contributed by atoms with E-state index in [-0.39, 0.29) is 5.41 Å². The topological polar surface area (TPSA) is 78.5 Å². The van der Waals surface area contributed by atoms with Crippen molar-refractivity contribution < 1.29 is 0 Å². The van der Waals surface area contributed by atoms with Gasteiger partial charge in [-0.1, -0.05) is 34.6 Å². The van der Waals surface area contributed by atoms with Crippen LogP contribution in [0.4, 0.5) is 11.8 Å². The van der Waals surface area contributed by atoms with E-state index in [2.05, 4.69) is 65.2 Å². The molecular formula is C15H26N6. The van der Waals surface area contributed by atoms with Crippen LogP contribution in [-0.4, -0.2) is 33.0 Å². The van der Waals surface area contributed by atoms with Gasteiger partial charge in [0, 0.05) is 13.1 Å². The molecule has 0 spiro atoms. The Kier molecular flexibility index (Phi) is 4.65. The van der Waals surface area contributed by atoms with Crippen molar-refractivity contribution in [3.05, 3.63) is 6.33 Å². The van der Waals surface area contributed by atoms with Crippen LogP contribution in [-0.2, 0) is 0 Å². The van der Waals surface area contributed by atoms with E-state index in [0.717, 1.165) is 30.8 Å². The van der Waals surface area contributed by atoms with Gasteiger partial charge < -0.3 is 15.6 Å². The van der Waals surface area contributed by atoms with Gasteiger partial charge in [0.05, 0.1) is 6.33 Å². The number of imidazole rings is 1. The van der Waals surface area contributed by atoms with Crippen LogP contribution >= 0.6 is 0 Å². The van der Waals surface area contributed by atoms with Gasteiger partial charge in [-0.05, 0) is 17.8 Å². The Labute approximate surface area is 126 Å². The maximum atomic E-state index is 4.57. The SMILES string of the molecule is CCCNc1nc(NCC(C)(C)C(C)C)c2[nH]cnc2n1. The monoisotopic (exact) mass is 290 g/mol. The summed E-state index contributed by atoms with van der Waals surface area (Å²) in [6, 6.07) is 0. The van der Waals surface area contributed by atoms with Crippen molar-refractivity contribution in [2.24, 2.45) is 11.3 Å². The molecule has 0 fully saturated rings. The van der Waals surface area contributed by atoms with Crippen LogP contribution in [0.1, 0.15) is 41.0 Å². The van der Waals surface area contributed by atoms with E-state index in [1.54, 1.807) is 6.33 Å². The minimum absolute atomic E-state index is 0.189. The van der Waals surface area contributed by atoms with Gasteiger partial charge in [-0.2, -0.15) is 9.97 Å². The molecule has 0 aliphatic heterocycles. The van der Waals surface area contributed by atoms with Crippen LogP contribution in [0.3, 0.4) is 0 Å². The number of aromatic nitrogens is 4. The van der Waals surface area contributed by atoms with Crippen molar-refractivity contribution in [2.45, 2.75) is 41.0 Å². The van der Waals surface area contributed by atoms with Crippen molar-refractivity contribution >= 4 is 22.9 Å². The normalized spacial score (nSPS) is 12.1. The van der Waals surface area contributed by atoms with Crippen molar-refractivity contribution in [1.29, 1.82) is 0 Å². The number of fused-ring (bicyclic) bond motifs is 1. The molecule has 0 saturated heterocycles. The summed E-state index contributed by atoms with van der Waals surface area (Å²) in [7, 11) is 0. The van der Waals surface area contributed by atoms with Crippen LogP contribution in [0.15, 0.2) is 6.33 Å². The minimum atomic E-state index is 0.189. The number of aromatic amines is 1. The first kappa shape index (κ1) is 15.5. The number of rotatable bonds is 7. The highest BCUT2D eigenvalue weighted by Gasteiger charge is 2.23. The molecule has 0 bridgehead atoms. The van der Waals surface area contributed by atoms with Gasteiger partial charge in [-0.15, -0.1) is 0 Å². The van der Waals surface area contributed by atoms with Crippen LogP contribution in [0, 0.1) is 11.3 Å². The van der Waals surface area contributed by atoms with E-state index in [4.69, 9.17) is 0 Å². The molecule has 6 heteroatoms. The number of hydrogen-bond donors (Lipinski definition) is 3. The third kappa shape index (κ3) is 3.62. The molecule has 0 saturated carbocycles. The molecule has 0 aliphatic rings. The molecule has 0 radical (unpaired) electrons. The van der Waals surface area contributed by atoms with Crippen molar-refractivity contribution in [3.8, 4) is 0 Å². The molecule has 0 unspecified atom stereocenters. The predicted molar refractivity (Wildman–Crippen MR) is 87.6 cm³/mol. The number of nitrogens with zero attached hydrogens (tertiary/aromatic N) is 3. The highest BCUT2D eigenvalue weighted by Crippen LogP contribution is 2.27. The van der Waals surface area contributed by atoms with Gasteiger partial charge in [0.25, 0.3) is 0 Å². The van der Waals surface area contributed by atoms with E-state index in [1.165, 1.54) is 0 Å². The standard InChI is InChI=1S/C15H26N6/c1-6-7-16-14-20-12(11-13(21-14)19-9-18-11)17-8-15(4,5)10(2)3/h9-10H,6-8H2,1-5H3,(H3,16,17,18,19,20,21). The summed E-state index contributed by atoms with van der Waals surface area (Å²) in [5, 5.41) is 6.67. The minimum Gasteiger partial charge on any atom is -0.368 e. The zero-order valence-electron chi connectivity index (χ0n) is 13.6. The van der Waals surface area contributed by atoms with Crippen molar-refractivity contribution in [2.75, 3.05) is 23.7 Å². The molecule has 2 aromatic rings. The maximum absolute atomic E-state index is 4.57. The lowest BCUT2D eigenvalue weighted by molar-refractivity contribution is 0.269. The summed E-state index contributed by atoms with van der Waals surface area (Å²) >= 11 is 0. The Morgan fingerprint density at radius 3 is 2.67 bits per heavy atom. The van der Waals surface area contributed by atoms with Gasteiger partial charge in [-0.3, -0.25) is 0 Å². The Hall–Kier alpha value is -1.85. The number of hydrogen-bond acceptors (Lipinski definition) is 5. The third-order valence-electron chi connectivity index (χ3n) is 4.09. The zero-order valence-corrected chi connectivity index (χ0v) is 13.6. The van der Waals surface area contributed by atoms with Crippen LogP contribution in [0.5, 0.6) is 0 Å². The van der Waals surface area contributed by atoms with Crippen LogP contribution in [0.2, 0.25) is 0 Å². The highest BCUT2D eigenvalue weighted by atomic mass is 15.2. The van der Waals surface area contributed by atoms with Crippen molar-refractivity contribution in [3.63, 3.8) is 0 Å². The fraction of sp³-hybridized carbons (Fsp3) is 0.667. The Morgan fingerprint density at radius 1 is 1.24 bits per heavy atom. The number of H-pyrrole nitrogens is 1. The molecule has 2 aromatic heterocycles. The molecular weight excluding hydrogens is 264 g/mol. The van der Waals surface area contributed by atoms with E-state index in [9.17, 15) is 0 Å². The van der Waals surface area contributed by atoms with Gasteiger partial charge in [-0.25, -0.2) is 4.98 Å². The Balaban J connectivity index is 2.22. The molecule has 116 valence electrons. The molecule has 21 heavy (non-hydrogen) atoms. The molecule has 0 amide bonds. The van der Waals surface area contributed by atoms with Gasteiger partial charge in [0.15, 0.2) is 11.5 Å². The first-order valence-corrected chi connectivity index (χ1v) is 7.63. The fourth-order valence-electron chi connectivity index (χ4n) is 1.79. The van der Waals surface area contributed by atoms with Gasteiger partial charge in [0.2, 0.25) is 5.95 Å². The first-order valence-electron chi connectivity index (χ1n) is 7.63. The second-order valence-electron chi connectivity index (χ2n) is 6.42. The smallest absolute Gasteiger partial charge is 0.226 e. The van der Waals surface area contributed by atoms with Crippen LogP contribution < -0.4 is 10.6 Å². The Bertz CT molecular complexity index is 587. The molecule has 2 rings (SSSR count). The van der Waals surface area contributed by atoms with E-state index < -0.39 is 0 Å². The van der Waals surface area contributed by atoms with Gasteiger partial charge >= 0.3 is 0 Å². The number of anilines is 2. The first-order chi connectivity index (χ1) is 9.94. The van der Waals surface area contributed by atoms with Crippen molar-refractivity contribution in [1.82, 2.24) is 19.9 Å². The van der Waals surface area contributed by atoms with Crippen LogP contribution in [0.25, 0.3) is 11.2 Å². The highest BCUT2D eigenvalue weighted by molar-refractivity contribution is 5.83. The summed E-state index contributed by atoms with van der Waals surface area (Å²) < 4.78 is 0. The summed E-state index contributed by atoms with van der Waals surface area (Å²) in [6.07, 6.45) is 2.69. The summed E-state index contributed by atoms with van der Waals surface area (Å²) in [6.45, 7) is 12.8. The molecule has 3 N–H and O–H groups in total. The Morgan fingerprint density at radius 2 is 2.00 bits per heavy atom. The van der Waals surface area contributed by atoms with E-state index in [0.29, 0.717) is 17.5 Å². The second kappa shape index (κ2) is 6.28. The molecule has 6 nitrogen and oxygen atoms in total. The summed E-state index contributed by atoms with van der Waals surface area (Å²) in [5.74, 6) is 2.02. The average Bonchev–Trinajstić information content (AvgIpc) is 2.90. The predicted octanol–water partition coefficient (Wildman–Crippen LogP) is 3.27. The molecule has 2 heterocycles. The summed E-state index contributed by atoms with van der Waals surface area (Å²) in [4.78, 5) is 16.3. The lowest BCUT2D eigenvalue weighted by Gasteiger charge is -2.29. The second-order valence-corrected chi connectivity index (χ2v) is 6.42. The van der Waals surface area contributed by atoms with E-state index >= 15 is 0 Å². The lowest BCUT2D eigenvalue weighted by Crippen LogP contribution is -2.29.